The summed E-state index contributed by atoms with van der Waals surface area (Å²) in [5, 5.41) is 5.63. The second kappa shape index (κ2) is 15.6. The second-order valence-electron chi connectivity index (χ2n) is 9.58. The van der Waals surface area contributed by atoms with Gasteiger partial charge in [-0.1, -0.05) is 105 Å². The van der Waals surface area contributed by atoms with Gasteiger partial charge in [-0.15, -0.1) is 11.8 Å². The minimum Gasteiger partial charge on any atom is -0.445 e. The largest absolute Gasteiger partial charge is 0.445 e. The van der Waals surface area contributed by atoms with Gasteiger partial charge in [0.15, 0.2) is 5.78 Å². The molecule has 2 unspecified atom stereocenters. The molecule has 0 saturated carbocycles. The lowest BCUT2D eigenvalue weighted by Crippen LogP contribution is -2.53. The third-order valence-electron chi connectivity index (χ3n) is 5.87. The lowest BCUT2D eigenvalue weighted by atomic mass is 10.00. The Morgan fingerprint density at radius 3 is 1.87 bits per heavy atom. The highest BCUT2D eigenvalue weighted by molar-refractivity contribution is 7.99. The summed E-state index contributed by atoms with van der Waals surface area (Å²) in [4.78, 5) is 39.1. The molecule has 200 valence electrons. The van der Waals surface area contributed by atoms with Gasteiger partial charge in [-0.2, -0.15) is 0 Å². The van der Waals surface area contributed by atoms with Crippen molar-refractivity contribution in [1.82, 2.24) is 10.6 Å². The molecular weight excluding hydrogens is 496 g/mol. The van der Waals surface area contributed by atoms with E-state index in [1.165, 1.54) is 11.8 Å². The van der Waals surface area contributed by atoms with Crippen LogP contribution in [0, 0.1) is 5.92 Å². The van der Waals surface area contributed by atoms with Gasteiger partial charge >= 0.3 is 6.09 Å². The first-order valence-electron chi connectivity index (χ1n) is 12.9. The smallest absolute Gasteiger partial charge is 0.408 e. The Kier molecular flexibility index (Phi) is 11.9. The van der Waals surface area contributed by atoms with E-state index in [-0.39, 0.29) is 24.1 Å². The van der Waals surface area contributed by atoms with Crippen LogP contribution in [0.1, 0.15) is 37.0 Å². The van der Waals surface area contributed by atoms with Gasteiger partial charge in [0, 0.05) is 5.75 Å². The molecule has 0 aliphatic carbocycles. The average molecular weight is 533 g/mol. The third-order valence-corrected chi connectivity index (χ3v) is 6.90. The first-order valence-corrected chi connectivity index (χ1v) is 14.0. The Hall–Kier alpha value is -3.58. The average Bonchev–Trinajstić information content (AvgIpc) is 2.92. The quantitative estimate of drug-likeness (QED) is 0.284. The number of carbonyl (C=O) groups excluding carboxylic acids is 3. The molecule has 2 amide bonds. The molecule has 0 aliphatic rings. The zero-order valence-corrected chi connectivity index (χ0v) is 22.8. The van der Waals surface area contributed by atoms with E-state index in [4.69, 9.17) is 4.74 Å². The predicted molar refractivity (Wildman–Crippen MR) is 153 cm³/mol. The van der Waals surface area contributed by atoms with Crippen LogP contribution in [0.2, 0.25) is 0 Å². The van der Waals surface area contributed by atoms with Crippen LogP contribution in [0.25, 0.3) is 0 Å². The molecule has 2 N–H and O–H groups in total. The fourth-order valence-corrected chi connectivity index (χ4v) is 4.85. The molecule has 7 heteroatoms. The Morgan fingerprint density at radius 2 is 1.29 bits per heavy atom. The van der Waals surface area contributed by atoms with Gasteiger partial charge in [0.2, 0.25) is 5.91 Å². The fraction of sp³-hybridized carbons (Fsp3) is 0.323. The second-order valence-corrected chi connectivity index (χ2v) is 10.6. The summed E-state index contributed by atoms with van der Waals surface area (Å²) in [6.45, 7) is 4.06. The molecule has 0 bridgehead atoms. The number of carbonyl (C=O) groups is 3. The molecule has 6 nitrogen and oxygen atoms in total. The molecule has 2 atom stereocenters. The molecule has 3 rings (SSSR count). The minimum atomic E-state index is -0.818. The van der Waals surface area contributed by atoms with E-state index in [0.29, 0.717) is 18.6 Å². The molecule has 0 radical (unpaired) electrons. The molecule has 0 saturated heterocycles. The normalized spacial score (nSPS) is 12.4. The SMILES string of the molecule is CC(C)CC(NC(=O)OCc1ccccc1)C(=O)NC(Cc1ccccc1)C(=O)CSCc1ccccc1. The van der Waals surface area contributed by atoms with Gasteiger partial charge in [0.25, 0.3) is 0 Å². The number of ketones is 1. The first kappa shape index (κ1) is 29.0. The van der Waals surface area contributed by atoms with Crippen molar-refractivity contribution < 1.29 is 19.1 Å². The van der Waals surface area contributed by atoms with E-state index in [1.54, 1.807) is 0 Å². The lowest BCUT2D eigenvalue weighted by molar-refractivity contribution is -0.128. The summed E-state index contributed by atoms with van der Waals surface area (Å²) in [6.07, 6.45) is 0.129. The van der Waals surface area contributed by atoms with Crippen molar-refractivity contribution in [3.8, 4) is 0 Å². The van der Waals surface area contributed by atoms with Crippen molar-refractivity contribution in [3.05, 3.63) is 108 Å². The van der Waals surface area contributed by atoms with Crippen molar-refractivity contribution in [2.45, 2.75) is 51.1 Å². The maximum Gasteiger partial charge on any atom is 0.408 e. The van der Waals surface area contributed by atoms with Crippen LogP contribution >= 0.6 is 11.8 Å². The van der Waals surface area contributed by atoms with Crippen LogP contribution in [0.15, 0.2) is 91.0 Å². The number of amides is 2. The van der Waals surface area contributed by atoms with E-state index < -0.39 is 24.1 Å². The van der Waals surface area contributed by atoms with E-state index in [1.807, 2.05) is 105 Å². The van der Waals surface area contributed by atoms with Crippen molar-refractivity contribution in [2.24, 2.45) is 5.92 Å². The highest BCUT2D eigenvalue weighted by Crippen LogP contribution is 2.15. The number of alkyl carbamates (subject to hydrolysis) is 1. The van der Waals surface area contributed by atoms with E-state index in [2.05, 4.69) is 10.6 Å². The van der Waals surface area contributed by atoms with Gasteiger partial charge < -0.3 is 15.4 Å². The summed E-state index contributed by atoms with van der Waals surface area (Å²) >= 11 is 1.52. The molecule has 38 heavy (non-hydrogen) atoms. The number of ether oxygens (including phenoxy) is 1. The van der Waals surface area contributed by atoms with Crippen molar-refractivity contribution in [3.63, 3.8) is 0 Å². The molecule has 3 aromatic carbocycles. The number of Topliss-reactive ketones (excluding diaryl/α,β-unsaturated/α-hetero) is 1. The fourth-order valence-electron chi connectivity index (χ4n) is 3.92. The molecule has 3 aromatic rings. The molecule has 0 fully saturated rings. The molecule has 0 spiro atoms. The Morgan fingerprint density at radius 1 is 0.737 bits per heavy atom. The molecule has 0 aliphatic heterocycles. The number of thioether (sulfide) groups is 1. The van der Waals surface area contributed by atoms with Crippen LogP contribution < -0.4 is 10.6 Å². The lowest BCUT2D eigenvalue weighted by Gasteiger charge is -2.24. The number of hydrogen-bond donors (Lipinski definition) is 2. The molecular formula is C31H36N2O4S. The van der Waals surface area contributed by atoms with Gasteiger partial charge in [-0.3, -0.25) is 9.59 Å². The summed E-state index contributed by atoms with van der Waals surface area (Å²) in [7, 11) is 0. The highest BCUT2D eigenvalue weighted by atomic mass is 32.2. The molecule has 0 aromatic heterocycles. The topological polar surface area (TPSA) is 84.5 Å². The van der Waals surface area contributed by atoms with E-state index in [9.17, 15) is 14.4 Å². The zero-order chi connectivity index (χ0) is 27.2. The van der Waals surface area contributed by atoms with Crippen LogP contribution in [0.4, 0.5) is 4.79 Å². The summed E-state index contributed by atoms with van der Waals surface area (Å²) < 4.78 is 5.33. The van der Waals surface area contributed by atoms with Crippen LogP contribution in [0.5, 0.6) is 0 Å². The number of benzene rings is 3. The van der Waals surface area contributed by atoms with Crippen molar-refractivity contribution >= 4 is 29.5 Å². The van der Waals surface area contributed by atoms with Crippen LogP contribution in [0.3, 0.4) is 0 Å². The van der Waals surface area contributed by atoms with Gasteiger partial charge in [-0.05, 0) is 35.4 Å². The summed E-state index contributed by atoms with van der Waals surface area (Å²) in [5.74, 6) is 0.679. The zero-order valence-electron chi connectivity index (χ0n) is 22.0. The number of nitrogens with one attached hydrogen (secondary N) is 2. The highest BCUT2D eigenvalue weighted by Gasteiger charge is 2.28. The van der Waals surface area contributed by atoms with E-state index in [0.717, 1.165) is 16.7 Å². The Bertz CT molecular complexity index is 1140. The summed E-state index contributed by atoms with van der Waals surface area (Å²) in [5.41, 5.74) is 2.95. The van der Waals surface area contributed by atoms with Gasteiger partial charge in [-0.25, -0.2) is 4.79 Å². The number of rotatable bonds is 14. The summed E-state index contributed by atoms with van der Waals surface area (Å²) in [6, 6.07) is 27.4. The predicted octanol–water partition coefficient (Wildman–Crippen LogP) is 5.56. The maximum atomic E-state index is 13.3. The van der Waals surface area contributed by atoms with Crippen LogP contribution in [-0.4, -0.2) is 35.6 Å². The van der Waals surface area contributed by atoms with E-state index >= 15 is 0 Å². The third kappa shape index (κ3) is 10.4. The Balaban J connectivity index is 1.63. The number of hydrogen-bond acceptors (Lipinski definition) is 5. The molecule has 0 heterocycles. The first-order chi connectivity index (χ1) is 18.4. The Labute approximate surface area is 229 Å². The standard InChI is InChI=1S/C31H36N2O4S/c1-23(2)18-28(33-31(36)37-20-25-14-8-4-9-15-25)30(35)32-27(19-24-12-6-3-7-13-24)29(34)22-38-21-26-16-10-5-11-17-26/h3-17,23,27-28H,18-22H2,1-2H3,(H,32,35)(H,33,36). The monoisotopic (exact) mass is 532 g/mol. The minimum absolute atomic E-state index is 0.0573. The van der Waals surface area contributed by atoms with Crippen molar-refractivity contribution in [1.29, 1.82) is 0 Å². The van der Waals surface area contributed by atoms with Crippen LogP contribution in [-0.2, 0) is 33.1 Å². The van der Waals surface area contributed by atoms with Crippen molar-refractivity contribution in [2.75, 3.05) is 5.75 Å². The van der Waals surface area contributed by atoms with Gasteiger partial charge in [0.1, 0.15) is 12.6 Å². The maximum absolute atomic E-state index is 13.3. The van der Waals surface area contributed by atoms with Gasteiger partial charge in [0.05, 0.1) is 11.8 Å².